The highest BCUT2D eigenvalue weighted by molar-refractivity contribution is 5.94. The van der Waals surface area contributed by atoms with E-state index >= 15 is 0 Å². The summed E-state index contributed by atoms with van der Waals surface area (Å²) in [5.74, 6) is 1.55. The van der Waals surface area contributed by atoms with E-state index in [4.69, 9.17) is 0 Å². The van der Waals surface area contributed by atoms with Gasteiger partial charge in [0.25, 0.3) is 0 Å². The van der Waals surface area contributed by atoms with Gasteiger partial charge in [-0.25, -0.2) is 0 Å². The summed E-state index contributed by atoms with van der Waals surface area (Å²) in [6, 6.07) is 0. The molecular formula is C7H8O. The van der Waals surface area contributed by atoms with E-state index in [9.17, 15) is 4.79 Å². The van der Waals surface area contributed by atoms with Crippen molar-refractivity contribution in [2.75, 3.05) is 0 Å². The van der Waals surface area contributed by atoms with Crippen LogP contribution in [0.2, 0.25) is 0 Å². The number of ketones is 1. The fourth-order valence-corrected chi connectivity index (χ4v) is 1.34. The van der Waals surface area contributed by atoms with Crippen LogP contribution >= 0.6 is 0 Å². The van der Waals surface area contributed by atoms with E-state index in [0.717, 1.165) is 18.8 Å². The highest BCUT2D eigenvalue weighted by Crippen LogP contribution is 2.44. The lowest BCUT2D eigenvalue weighted by molar-refractivity contribution is -0.116. The number of carbonyl (C=O) groups is 1. The Balaban J connectivity index is 2.24. The van der Waals surface area contributed by atoms with Crippen molar-refractivity contribution in [3.63, 3.8) is 0 Å². The van der Waals surface area contributed by atoms with E-state index in [-0.39, 0.29) is 0 Å². The minimum atomic E-state index is 0.362. The summed E-state index contributed by atoms with van der Waals surface area (Å²) in [5, 5.41) is 0. The first-order valence-electron chi connectivity index (χ1n) is 3.08. The normalized spacial score (nSPS) is 41.8. The molecule has 2 atom stereocenters. The fourth-order valence-electron chi connectivity index (χ4n) is 1.34. The maximum absolute atomic E-state index is 10.7. The molecule has 0 spiro atoms. The highest BCUT2D eigenvalue weighted by Gasteiger charge is 2.42. The Morgan fingerprint density at radius 2 is 2.50 bits per heavy atom. The molecule has 8 heavy (non-hydrogen) atoms. The molecule has 0 aromatic heterocycles. The fraction of sp³-hybridized carbons (Fsp3) is 0.571. The van der Waals surface area contributed by atoms with Crippen molar-refractivity contribution in [2.24, 2.45) is 11.8 Å². The maximum Gasteiger partial charge on any atom is 0.158 e. The molecule has 2 rings (SSSR count). The minimum Gasteiger partial charge on any atom is -0.295 e. The van der Waals surface area contributed by atoms with Gasteiger partial charge in [0.1, 0.15) is 0 Å². The van der Waals surface area contributed by atoms with Crippen LogP contribution in [0.1, 0.15) is 12.8 Å². The van der Waals surface area contributed by atoms with Gasteiger partial charge in [0.15, 0.2) is 5.78 Å². The quantitative estimate of drug-likeness (QED) is 0.455. The molecule has 0 heterocycles. The third-order valence-electron chi connectivity index (χ3n) is 2.01. The molecule has 1 heteroatoms. The lowest BCUT2D eigenvalue weighted by Crippen LogP contribution is -2.01. The summed E-state index contributed by atoms with van der Waals surface area (Å²) in [4.78, 5) is 10.7. The molecule has 42 valence electrons. The van der Waals surface area contributed by atoms with Crippen LogP contribution in [-0.4, -0.2) is 5.78 Å². The third-order valence-corrected chi connectivity index (χ3v) is 2.01. The molecule has 1 nitrogen and oxygen atoms in total. The van der Waals surface area contributed by atoms with E-state index in [1.807, 2.05) is 6.08 Å². The van der Waals surface area contributed by atoms with E-state index in [1.54, 1.807) is 6.08 Å². The van der Waals surface area contributed by atoms with Crippen molar-refractivity contribution >= 4 is 5.78 Å². The third kappa shape index (κ3) is 0.443. The average molecular weight is 108 g/mol. The molecule has 0 aromatic carbocycles. The monoisotopic (exact) mass is 108 g/mol. The van der Waals surface area contributed by atoms with E-state index in [2.05, 4.69) is 0 Å². The van der Waals surface area contributed by atoms with Gasteiger partial charge in [-0.3, -0.25) is 4.79 Å². The SMILES string of the molecule is O=C1C=CC[C@H]2C[C@@H]12. The Hall–Kier alpha value is -0.590. The van der Waals surface area contributed by atoms with Crippen molar-refractivity contribution < 1.29 is 4.79 Å². The first kappa shape index (κ1) is 4.30. The van der Waals surface area contributed by atoms with Gasteiger partial charge in [-0.05, 0) is 24.8 Å². The number of hydrogen-bond donors (Lipinski definition) is 0. The molecule has 0 N–H and O–H groups in total. The van der Waals surface area contributed by atoms with Crippen LogP contribution in [0.15, 0.2) is 12.2 Å². The van der Waals surface area contributed by atoms with Crippen LogP contribution < -0.4 is 0 Å². The van der Waals surface area contributed by atoms with Crippen LogP contribution in [0.5, 0.6) is 0 Å². The molecule has 0 amide bonds. The van der Waals surface area contributed by atoms with Crippen LogP contribution in [-0.2, 0) is 4.79 Å². The smallest absolute Gasteiger partial charge is 0.158 e. The van der Waals surface area contributed by atoms with Crippen LogP contribution in [0, 0.1) is 11.8 Å². The second-order valence-corrected chi connectivity index (χ2v) is 2.64. The van der Waals surface area contributed by atoms with Crippen LogP contribution in [0.3, 0.4) is 0 Å². The second kappa shape index (κ2) is 1.22. The largest absolute Gasteiger partial charge is 0.295 e. The van der Waals surface area contributed by atoms with Gasteiger partial charge in [0.2, 0.25) is 0 Å². The Kier molecular flexibility index (Phi) is 0.655. The van der Waals surface area contributed by atoms with Gasteiger partial charge < -0.3 is 0 Å². The van der Waals surface area contributed by atoms with E-state index < -0.39 is 0 Å². The second-order valence-electron chi connectivity index (χ2n) is 2.64. The topological polar surface area (TPSA) is 17.1 Å². The molecule has 2 aliphatic carbocycles. The van der Waals surface area contributed by atoms with Crippen LogP contribution in [0.25, 0.3) is 0 Å². The van der Waals surface area contributed by atoms with Crippen molar-refractivity contribution in [3.05, 3.63) is 12.2 Å². The number of rotatable bonds is 0. The lowest BCUT2D eigenvalue weighted by Gasteiger charge is -1.96. The molecule has 2 aliphatic rings. The highest BCUT2D eigenvalue weighted by atomic mass is 16.1. The molecule has 0 saturated heterocycles. The summed E-state index contributed by atoms with van der Waals surface area (Å²) >= 11 is 0. The van der Waals surface area contributed by atoms with Gasteiger partial charge >= 0.3 is 0 Å². The van der Waals surface area contributed by atoms with Gasteiger partial charge in [-0.2, -0.15) is 0 Å². The van der Waals surface area contributed by atoms with Crippen molar-refractivity contribution in [2.45, 2.75) is 12.8 Å². The lowest BCUT2D eigenvalue weighted by atomic mass is 10.1. The van der Waals surface area contributed by atoms with Gasteiger partial charge in [0, 0.05) is 5.92 Å². The van der Waals surface area contributed by atoms with E-state index in [1.165, 1.54) is 0 Å². The van der Waals surface area contributed by atoms with Crippen LogP contribution in [0.4, 0.5) is 0 Å². The molecule has 0 unspecified atom stereocenters. The number of fused-ring (bicyclic) bond motifs is 1. The Bertz CT molecular complexity index is 158. The standard InChI is InChI=1S/C7H8O/c8-7-3-1-2-5-4-6(5)7/h1,3,5-6H,2,4H2/t5-,6+/m0/s1. The predicted molar refractivity (Wildman–Crippen MR) is 30.4 cm³/mol. The zero-order valence-corrected chi connectivity index (χ0v) is 4.63. The van der Waals surface area contributed by atoms with Crippen molar-refractivity contribution in [3.8, 4) is 0 Å². The molecular weight excluding hydrogens is 100 g/mol. The minimum absolute atomic E-state index is 0.362. The summed E-state index contributed by atoms with van der Waals surface area (Å²) in [6.45, 7) is 0. The molecule has 1 saturated carbocycles. The predicted octanol–water partition coefficient (Wildman–Crippen LogP) is 1.15. The Morgan fingerprint density at radius 3 is 3.12 bits per heavy atom. The summed E-state index contributed by atoms with van der Waals surface area (Å²) < 4.78 is 0. The zero-order valence-electron chi connectivity index (χ0n) is 4.63. The number of hydrogen-bond acceptors (Lipinski definition) is 1. The molecule has 0 bridgehead atoms. The average Bonchev–Trinajstić information content (AvgIpc) is 2.45. The van der Waals surface area contributed by atoms with Gasteiger partial charge in [-0.15, -0.1) is 0 Å². The first-order chi connectivity index (χ1) is 3.88. The Labute approximate surface area is 48.4 Å². The van der Waals surface area contributed by atoms with E-state index in [0.29, 0.717) is 11.7 Å². The summed E-state index contributed by atoms with van der Waals surface area (Å²) in [7, 11) is 0. The van der Waals surface area contributed by atoms with Crippen molar-refractivity contribution in [1.82, 2.24) is 0 Å². The summed E-state index contributed by atoms with van der Waals surface area (Å²) in [5.41, 5.74) is 0. The molecule has 0 radical (unpaired) electrons. The molecule has 1 fully saturated rings. The van der Waals surface area contributed by atoms with Gasteiger partial charge in [-0.1, -0.05) is 6.08 Å². The van der Waals surface area contributed by atoms with Gasteiger partial charge in [0.05, 0.1) is 0 Å². The molecule has 0 aromatic rings. The number of allylic oxidation sites excluding steroid dienone is 2. The zero-order chi connectivity index (χ0) is 5.56. The molecule has 0 aliphatic heterocycles. The first-order valence-corrected chi connectivity index (χ1v) is 3.08. The summed E-state index contributed by atoms with van der Waals surface area (Å²) in [6.07, 6.45) is 6.03. The number of carbonyl (C=O) groups excluding carboxylic acids is 1. The van der Waals surface area contributed by atoms with Crippen molar-refractivity contribution in [1.29, 1.82) is 0 Å². The Morgan fingerprint density at radius 1 is 1.62 bits per heavy atom. The maximum atomic E-state index is 10.7.